The van der Waals surface area contributed by atoms with Gasteiger partial charge in [-0.2, -0.15) is 4.98 Å². The van der Waals surface area contributed by atoms with Crippen molar-refractivity contribution in [1.29, 1.82) is 0 Å². The summed E-state index contributed by atoms with van der Waals surface area (Å²) in [6.07, 6.45) is -1.86. The van der Waals surface area contributed by atoms with Gasteiger partial charge in [0.2, 0.25) is 0 Å². The van der Waals surface area contributed by atoms with Crippen LogP contribution in [0, 0.1) is 0 Å². The molecule has 45 heavy (non-hydrogen) atoms. The maximum absolute atomic E-state index is 12.5. The second-order valence-corrected chi connectivity index (χ2v) is 21.2. The van der Waals surface area contributed by atoms with E-state index in [9.17, 15) is 9.32 Å². The summed E-state index contributed by atoms with van der Waals surface area (Å²) < 4.78 is 41.2. The van der Waals surface area contributed by atoms with Crippen LogP contribution in [0.1, 0.15) is 0 Å². The molecule has 0 saturated carbocycles. The summed E-state index contributed by atoms with van der Waals surface area (Å²) >= 11 is 6.82. The number of piperazine rings is 1. The van der Waals surface area contributed by atoms with E-state index in [1.165, 1.54) is 0 Å². The summed E-state index contributed by atoms with van der Waals surface area (Å²) in [5.74, 6) is 4.48. The zero-order valence-corrected chi connectivity index (χ0v) is 28.9. The van der Waals surface area contributed by atoms with Crippen molar-refractivity contribution >= 4 is 57.9 Å². The smallest absolute Gasteiger partial charge is 0.301 e. The Hall–Kier alpha value is -2.43. The maximum Gasteiger partial charge on any atom is 0.301 e. The fourth-order valence-corrected chi connectivity index (χ4v) is 7.64. The number of benzene rings is 1. The minimum atomic E-state index is -2.49. The van der Waals surface area contributed by atoms with Crippen molar-refractivity contribution in [2.24, 2.45) is 0 Å². The van der Waals surface area contributed by atoms with E-state index in [0.717, 1.165) is 37.9 Å². The third-order valence-corrected chi connectivity index (χ3v) is 12.2. The van der Waals surface area contributed by atoms with Gasteiger partial charge in [0, 0.05) is 51.4 Å². The molecule has 2 N–H and O–H groups in total. The highest BCUT2D eigenvalue weighted by atomic mass is 35.5. The number of pyridine rings is 1. The van der Waals surface area contributed by atoms with Crippen molar-refractivity contribution in [1.82, 2.24) is 19.3 Å². The predicted molar refractivity (Wildman–Crippen MR) is 180 cm³/mol. The lowest BCUT2D eigenvalue weighted by atomic mass is 10.1. The maximum atomic E-state index is 12.5. The first-order valence-corrected chi connectivity index (χ1v) is 21.1. The average Bonchev–Trinajstić information content (AvgIpc) is 3.69. The van der Waals surface area contributed by atoms with E-state index in [-0.39, 0.29) is 19.4 Å². The van der Waals surface area contributed by atoms with Gasteiger partial charge < -0.3 is 33.9 Å². The molecule has 246 valence electrons. The van der Waals surface area contributed by atoms with Gasteiger partial charge in [-0.25, -0.2) is 13.9 Å². The molecular formula is C30H43ClN6O6SSi. The molecule has 0 amide bonds. The molecule has 0 radical (unpaired) electrons. The minimum absolute atomic E-state index is 0.221. The lowest BCUT2D eigenvalue weighted by Crippen LogP contribution is -2.47. The number of nitrogens with one attached hydrogen (secondary N) is 1. The van der Waals surface area contributed by atoms with E-state index >= 15 is 0 Å². The highest BCUT2D eigenvalue weighted by Crippen LogP contribution is 2.34. The Labute approximate surface area is 270 Å². The zero-order chi connectivity index (χ0) is 31.9. The molecule has 3 aliphatic rings. The van der Waals surface area contributed by atoms with Gasteiger partial charge in [0.25, 0.3) is 0 Å². The Kier molecular flexibility index (Phi) is 9.38. The summed E-state index contributed by atoms with van der Waals surface area (Å²) in [6, 6.07) is 10.9. The third-order valence-electron chi connectivity index (χ3n) is 8.57. The first kappa shape index (κ1) is 32.5. The number of anilines is 2. The first-order valence-electron chi connectivity index (χ1n) is 15.3. The SMILES string of the molecule is C=S(=O)(NC)c1ccc(N2CCN(c3nc4c(cc3Cl)nc(OC3COC5C(O)COC35)n4COCC[Si](C)(C)C)CC2)cc1. The summed E-state index contributed by atoms with van der Waals surface area (Å²) in [4.78, 5) is 14.9. The van der Waals surface area contributed by atoms with Crippen LogP contribution in [0.2, 0.25) is 30.7 Å². The molecule has 15 heteroatoms. The predicted octanol–water partition coefficient (Wildman–Crippen LogP) is 2.84. The van der Waals surface area contributed by atoms with Gasteiger partial charge in [-0.15, -0.1) is 0 Å². The molecule has 3 saturated heterocycles. The fraction of sp³-hybridized carbons (Fsp3) is 0.567. The molecule has 5 heterocycles. The van der Waals surface area contributed by atoms with E-state index in [2.05, 4.69) is 40.0 Å². The molecular weight excluding hydrogens is 636 g/mol. The molecule has 5 atom stereocenters. The van der Waals surface area contributed by atoms with Gasteiger partial charge in [-0.1, -0.05) is 31.2 Å². The van der Waals surface area contributed by atoms with Crippen LogP contribution in [0.15, 0.2) is 35.2 Å². The van der Waals surface area contributed by atoms with Gasteiger partial charge in [0.15, 0.2) is 11.8 Å². The molecule has 3 aliphatic heterocycles. The molecule has 1 aromatic carbocycles. The zero-order valence-electron chi connectivity index (χ0n) is 26.3. The molecule has 0 aliphatic carbocycles. The lowest BCUT2D eigenvalue weighted by Gasteiger charge is -2.37. The van der Waals surface area contributed by atoms with Crippen LogP contribution in [0.5, 0.6) is 6.01 Å². The van der Waals surface area contributed by atoms with Crippen LogP contribution in [0.4, 0.5) is 11.5 Å². The van der Waals surface area contributed by atoms with Crippen LogP contribution in [0.3, 0.4) is 0 Å². The molecule has 0 spiro atoms. The van der Waals surface area contributed by atoms with Crippen molar-refractivity contribution in [3.8, 4) is 6.01 Å². The number of aliphatic hydroxyl groups excluding tert-OH is 1. The third kappa shape index (κ3) is 6.98. The molecule has 3 aromatic rings. The van der Waals surface area contributed by atoms with Gasteiger partial charge in [-0.3, -0.25) is 4.57 Å². The van der Waals surface area contributed by atoms with Crippen LogP contribution >= 0.6 is 11.6 Å². The number of nitrogens with zero attached hydrogens (tertiary/aromatic N) is 5. The summed E-state index contributed by atoms with van der Waals surface area (Å²) in [5.41, 5.74) is 2.30. The Balaban J connectivity index is 1.21. The molecule has 0 bridgehead atoms. The number of rotatable bonds is 11. The number of hydrogen-bond acceptors (Lipinski definition) is 10. The van der Waals surface area contributed by atoms with Gasteiger partial charge >= 0.3 is 6.01 Å². The van der Waals surface area contributed by atoms with E-state index < -0.39 is 36.1 Å². The number of halogens is 1. The van der Waals surface area contributed by atoms with Gasteiger partial charge in [0.05, 0.1) is 27.9 Å². The largest absolute Gasteiger partial charge is 0.456 e. The molecule has 2 aromatic heterocycles. The number of imidazole rings is 1. The highest BCUT2D eigenvalue weighted by Gasteiger charge is 2.49. The van der Waals surface area contributed by atoms with E-state index in [0.29, 0.717) is 46.1 Å². The van der Waals surface area contributed by atoms with E-state index in [1.807, 2.05) is 34.9 Å². The molecule has 5 unspecified atom stereocenters. The molecule has 6 rings (SSSR count). The lowest BCUT2D eigenvalue weighted by molar-refractivity contribution is 0.00336. The topological polar surface area (TPSA) is 123 Å². The summed E-state index contributed by atoms with van der Waals surface area (Å²) in [7, 11) is -2.12. The monoisotopic (exact) mass is 678 g/mol. The van der Waals surface area contributed by atoms with Gasteiger partial charge in [-0.05, 0) is 49.3 Å². The van der Waals surface area contributed by atoms with E-state index in [1.54, 1.807) is 7.05 Å². The summed E-state index contributed by atoms with van der Waals surface area (Å²) in [6.45, 7) is 11.3. The van der Waals surface area contributed by atoms with Crippen molar-refractivity contribution in [3.05, 3.63) is 35.4 Å². The number of ether oxygens (including phenoxy) is 4. The Bertz CT molecular complexity index is 1610. The molecule has 3 fully saturated rings. The number of aliphatic hydroxyl groups is 1. The second kappa shape index (κ2) is 13.0. The number of aromatic nitrogens is 3. The average molecular weight is 679 g/mol. The Morgan fingerprint density at radius 2 is 1.78 bits per heavy atom. The fourth-order valence-electron chi connectivity index (χ4n) is 5.81. The summed E-state index contributed by atoms with van der Waals surface area (Å²) in [5, 5.41) is 10.7. The Morgan fingerprint density at radius 1 is 1.09 bits per heavy atom. The minimum Gasteiger partial charge on any atom is -0.456 e. The first-order chi connectivity index (χ1) is 21.4. The van der Waals surface area contributed by atoms with Crippen molar-refractivity contribution in [2.75, 3.05) is 62.8 Å². The van der Waals surface area contributed by atoms with Crippen molar-refractivity contribution in [2.45, 2.75) is 61.7 Å². The normalized spacial score (nSPS) is 25.1. The number of hydrogen-bond donors (Lipinski definition) is 2. The van der Waals surface area contributed by atoms with Gasteiger partial charge in [0.1, 0.15) is 36.4 Å². The standard InChI is InChI=1S/C30H43ClN6O6SSi/c1-32-44(2,39)21-8-6-20(7-9-21)35-10-12-36(13-11-35)28-22(31)16-23-29(34-28)37(19-40-14-15-45(3,4)5)30(33-23)43-25-18-42-26-24(38)17-41-27(25)26/h6-9,16,24-27,38H,2,10-15,17-19H2,1,3-5H3,(H,32,39). The van der Waals surface area contributed by atoms with E-state index in [4.69, 9.17) is 40.5 Å². The van der Waals surface area contributed by atoms with Crippen molar-refractivity contribution in [3.63, 3.8) is 0 Å². The van der Waals surface area contributed by atoms with Crippen LogP contribution in [-0.2, 0) is 30.6 Å². The Morgan fingerprint density at radius 3 is 2.47 bits per heavy atom. The van der Waals surface area contributed by atoms with Crippen molar-refractivity contribution < 1.29 is 28.3 Å². The highest BCUT2D eigenvalue weighted by molar-refractivity contribution is 7.98. The quantitative estimate of drug-likeness (QED) is 0.178. The van der Waals surface area contributed by atoms with Crippen LogP contribution in [-0.4, -0.2) is 115 Å². The van der Waals surface area contributed by atoms with Crippen LogP contribution in [0.25, 0.3) is 11.2 Å². The second-order valence-electron chi connectivity index (χ2n) is 13.0. The van der Waals surface area contributed by atoms with Crippen LogP contribution < -0.4 is 19.3 Å². The molecule has 12 nitrogen and oxygen atoms in total. The number of fused-ring (bicyclic) bond motifs is 2.